The second-order valence-electron chi connectivity index (χ2n) is 27.3. The van der Waals surface area contributed by atoms with E-state index in [1.807, 2.05) is 0 Å². The molecule has 70 heavy (non-hydrogen) atoms. The van der Waals surface area contributed by atoms with Crippen molar-refractivity contribution in [1.82, 2.24) is 0 Å². The normalized spacial score (nSPS) is 21.4. The summed E-state index contributed by atoms with van der Waals surface area (Å²) < 4.78 is 0. The summed E-state index contributed by atoms with van der Waals surface area (Å²) in [6.07, 6.45) is 7.10. The van der Waals surface area contributed by atoms with Gasteiger partial charge in [0.1, 0.15) is 0 Å². The number of nitrogens with zero attached hydrogens (tertiary/aromatic N) is 2. The Morgan fingerprint density at radius 2 is 0.886 bits per heavy atom. The Morgan fingerprint density at radius 3 is 1.51 bits per heavy atom. The molecule has 2 heterocycles. The molecule has 354 valence electrons. The maximum absolute atomic E-state index is 2.88. The fraction of sp³-hybridized carbons (Fsp3) is 0.403. The topological polar surface area (TPSA) is 6.48 Å². The molecule has 7 aromatic carbocycles. The molecule has 0 atom stereocenters. The quantitative estimate of drug-likeness (QED) is 0.159. The van der Waals surface area contributed by atoms with Gasteiger partial charge in [-0.1, -0.05) is 176 Å². The predicted octanol–water partition coefficient (Wildman–Crippen LogP) is 16.9. The summed E-state index contributed by atoms with van der Waals surface area (Å²) in [6.45, 7) is 34.7. The molecule has 0 fully saturated rings. The van der Waals surface area contributed by atoms with Gasteiger partial charge in [0.2, 0.25) is 0 Å². The zero-order valence-corrected chi connectivity index (χ0v) is 44.7. The van der Waals surface area contributed by atoms with E-state index in [-0.39, 0.29) is 44.8 Å². The molecule has 0 N–H and O–H groups in total. The van der Waals surface area contributed by atoms with E-state index in [4.69, 9.17) is 0 Å². The van der Waals surface area contributed by atoms with Crippen molar-refractivity contribution < 1.29 is 0 Å². The Bertz CT molecular complexity index is 3440. The first-order valence-electron chi connectivity index (χ1n) is 26.8. The molecule has 4 aliphatic carbocycles. The van der Waals surface area contributed by atoms with Crippen LogP contribution in [0, 0.1) is 0 Å². The number of hydrogen-bond donors (Lipinski definition) is 0. The summed E-state index contributed by atoms with van der Waals surface area (Å²) in [5.41, 5.74) is 27.1. The van der Waals surface area contributed by atoms with Crippen LogP contribution in [0.1, 0.15) is 180 Å². The average molecular weight is 917 g/mol. The summed E-state index contributed by atoms with van der Waals surface area (Å²) in [6, 6.07) is 47.0. The highest BCUT2D eigenvalue weighted by atomic mass is 15.2. The molecule has 0 amide bonds. The first kappa shape index (κ1) is 44.4. The highest BCUT2D eigenvalue weighted by Gasteiger charge is 2.51. The molecule has 3 heteroatoms. The lowest BCUT2D eigenvalue weighted by atomic mass is 9.42. The van der Waals surface area contributed by atoms with Crippen molar-refractivity contribution in [3.63, 3.8) is 0 Å². The number of anilines is 5. The van der Waals surface area contributed by atoms with Crippen LogP contribution < -0.4 is 20.6 Å². The Labute approximate surface area is 420 Å². The minimum absolute atomic E-state index is 0.0294. The van der Waals surface area contributed by atoms with Crippen molar-refractivity contribution in [2.24, 2.45) is 0 Å². The fourth-order valence-electron chi connectivity index (χ4n) is 15.0. The highest BCUT2D eigenvalue weighted by Crippen LogP contribution is 2.60. The van der Waals surface area contributed by atoms with Gasteiger partial charge in [-0.05, 0) is 185 Å². The van der Waals surface area contributed by atoms with Gasteiger partial charge < -0.3 is 9.71 Å². The first-order valence-corrected chi connectivity index (χ1v) is 26.8. The summed E-state index contributed by atoms with van der Waals surface area (Å²) >= 11 is 0. The molecule has 0 saturated heterocycles. The van der Waals surface area contributed by atoms with Crippen LogP contribution in [0.2, 0.25) is 0 Å². The van der Waals surface area contributed by atoms with Crippen molar-refractivity contribution in [2.75, 3.05) is 9.71 Å². The molecule has 0 spiro atoms. The second kappa shape index (κ2) is 13.9. The maximum atomic E-state index is 2.88. The number of benzene rings is 7. The smallest absolute Gasteiger partial charge is 0.333 e. The average Bonchev–Trinajstić information content (AvgIpc) is 3.56. The van der Waals surface area contributed by atoms with E-state index in [0.29, 0.717) is 0 Å². The summed E-state index contributed by atoms with van der Waals surface area (Å²) in [5, 5.41) is 2.63. The SMILES string of the molecule is CC1(C)CCC(C)(C)c2cc(N3B4c5cc6c(cc5N(c5ccc7c(c5)C(C)(C)CCC7(C)C)c5cc7ccccc7c(c54)-c4ccc5c(c43)-c3ccccc3C5(C)C)C(C)(C)CCC6(C)C)ccc21. The largest absolute Gasteiger partial charge is 0.376 e. The van der Waals surface area contributed by atoms with Crippen molar-refractivity contribution >= 4 is 57.0 Å². The minimum atomic E-state index is -0.149. The molecule has 13 rings (SSSR count). The lowest BCUT2D eigenvalue weighted by Gasteiger charge is -2.50. The molecule has 2 aliphatic heterocycles. The van der Waals surface area contributed by atoms with Crippen LogP contribution in [0.5, 0.6) is 0 Å². The maximum Gasteiger partial charge on any atom is 0.333 e. The van der Waals surface area contributed by atoms with Crippen LogP contribution in [0.3, 0.4) is 0 Å². The van der Waals surface area contributed by atoms with Crippen molar-refractivity contribution in [1.29, 1.82) is 0 Å². The molecule has 0 unspecified atom stereocenters. The molecule has 0 radical (unpaired) electrons. The molecule has 2 nitrogen and oxygen atoms in total. The third-order valence-electron chi connectivity index (χ3n) is 19.8. The Balaban J connectivity index is 1.21. The molecule has 0 bridgehead atoms. The van der Waals surface area contributed by atoms with Crippen molar-refractivity contribution in [3.05, 3.63) is 160 Å². The van der Waals surface area contributed by atoms with E-state index < -0.39 is 0 Å². The third kappa shape index (κ3) is 5.87. The molecule has 6 aliphatic rings. The Kier molecular flexibility index (Phi) is 8.82. The van der Waals surface area contributed by atoms with Crippen molar-refractivity contribution in [2.45, 2.75) is 173 Å². The lowest BCUT2D eigenvalue weighted by molar-refractivity contribution is 0.332. The van der Waals surface area contributed by atoms with Gasteiger partial charge >= 0.3 is 6.85 Å². The molecule has 0 aromatic heterocycles. The summed E-state index contributed by atoms with van der Waals surface area (Å²) in [7, 11) is 0. The van der Waals surface area contributed by atoms with Crippen LogP contribution >= 0.6 is 0 Å². The van der Waals surface area contributed by atoms with E-state index in [1.54, 1.807) is 0 Å². The van der Waals surface area contributed by atoms with Gasteiger partial charge in [-0.2, -0.15) is 0 Å². The van der Waals surface area contributed by atoms with Crippen LogP contribution in [0.25, 0.3) is 33.0 Å². The van der Waals surface area contributed by atoms with E-state index in [1.165, 1.54) is 155 Å². The zero-order chi connectivity index (χ0) is 49.0. The van der Waals surface area contributed by atoms with Crippen LogP contribution in [-0.2, 0) is 37.9 Å². The molecule has 0 saturated carbocycles. The van der Waals surface area contributed by atoms with E-state index >= 15 is 0 Å². The number of rotatable bonds is 2. The number of fused-ring (bicyclic) bond motifs is 13. The predicted molar refractivity (Wildman–Crippen MR) is 301 cm³/mol. The van der Waals surface area contributed by atoms with E-state index in [9.17, 15) is 0 Å². The monoisotopic (exact) mass is 917 g/mol. The van der Waals surface area contributed by atoms with Crippen LogP contribution in [0.15, 0.2) is 115 Å². The zero-order valence-electron chi connectivity index (χ0n) is 44.7. The van der Waals surface area contributed by atoms with Gasteiger partial charge in [0.05, 0.1) is 0 Å². The van der Waals surface area contributed by atoms with Gasteiger partial charge in [0, 0.05) is 45.0 Å². The molecular formula is C67H73BN2. The molecule has 7 aromatic rings. The molecular weight excluding hydrogens is 844 g/mol. The highest BCUT2D eigenvalue weighted by molar-refractivity contribution is 6.94. The van der Waals surface area contributed by atoms with Crippen LogP contribution in [0.4, 0.5) is 28.4 Å². The standard InChI is InChI=1S/C67H73BN2/c1-61(2)29-31-63(5,6)50-36-41(23-26-47(50)61)69-55-39-53-52(65(9,10)33-34-66(53,11)12)38-54(55)68-59-56(69)35-40-19-15-16-20-43(40)57(59)45-25-28-49-58(44-21-17-18-22-46(44)67(49,13)14)60(45)70(68)42-24-27-48-51(37-42)64(7,8)32-30-62(48,3)4/h15-28,35-39H,29-34H2,1-14H3. The Hall–Kier alpha value is -5.54. The summed E-state index contributed by atoms with van der Waals surface area (Å²) in [5.74, 6) is 0. The van der Waals surface area contributed by atoms with Gasteiger partial charge in [-0.3, -0.25) is 0 Å². The second-order valence-corrected chi connectivity index (χ2v) is 27.3. The lowest BCUT2D eigenvalue weighted by Crippen LogP contribution is -2.62. The van der Waals surface area contributed by atoms with Gasteiger partial charge in [0.15, 0.2) is 0 Å². The van der Waals surface area contributed by atoms with E-state index in [2.05, 4.69) is 222 Å². The summed E-state index contributed by atoms with van der Waals surface area (Å²) in [4.78, 5) is 5.62. The Morgan fingerprint density at radius 1 is 0.386 bits per heavy atom. The third-order valence-corrected chi connectivity index (χ3v) is 19.8. The van der Waals surface area contributed by atoms with Gasteiger partial charge in [-0.15, -0.1) is 0 Å². The first-order chi connectivity index (χ1) is 32.9. The fourth-order valence-corrected chi connectivity index (χ4v) is 15.0. The van der Waals surface area contributed by atoms with Gasteiger partial charge in [0.25, 0.3) is 0 Å². The van der Waals surface area contributed by atoms with E-state index in [0.717, 1.165) is 0 Å². The van der Waals surface area contributed by atoms with Crippen molar-refractivity contribution in [3.8, 4) is 22.3 Å². The van der Waals surface area contributed by atoms with Crippen LogP contribution in [-0.4, -0.2) is 6.85 Å². The van der Waals surface area contributed by atoms with Gasteiger partial charge in [-0.25, -0.2) is 0 Å². The number of hydrogen-bond acceptors (Lipinski definition) is 2. The minimum Gasteiger partial charge on any atom is -0.376 e.